The minimum absolute atomic E-state index is 0.00895. The van der Waals surface area contributed by atoms with E-state index in [4.69, 9.17) is 10.5 Å². The number of likely N-dealkylation sites (tertiary alicyclic amines) is 1. The predicted octanol–water partition coefficient (Wildman–Crippen LogP) is 0.540. The number of benzene rings is 1. The largest absolute Gasteiger partial charge is 0.384 e. The number of amides is 4. The maximum absolute atomic E-state index is 14.7. The third-order valence-electron chi connectivity index (χ3n) is 10.2. The van der Waals surface area contributed by atoms with Crippen molar-refractivity contribution < 1.29 is 42.2 Å². The molecule has 0 spiro atoms. The van der Waals surface area contributed by atoms with Crippen LogP contribution in [0.15, 0.2) is 35.4 Å². The number of Topliss-reactive ketones (excluding diaryl/α,β-unsaturated/α-hetero) is 1. The maximum Gasteiger partial charge on any atom is 0.287 e. The van der Waals surface area contributed by atoms with Gasteiger partial charge in [-0.25, -0.2) is 13.1 Å². The van der Waals surface area contributed by atoms with Crippen LogP contribution in [0.2, 0.25) is 0 Å². The number of rotatable bonds is 12. The zero-order chi connectivity index (χ0) is 37.1. The summed E-state index contributed by atoms with van der Waals surface area (Å²) in [7, 11) is -3.50. The van der Waals surface area contributed by atoms with Crippen LogP contribution in [0.5, 0.6) is 0 Å². The Hall–Kier alpha value is -4.22. The van der Waals surface area contributed by atoms with E-state index >= 15 is 0 Å². The summed E-state index contributed by atoms with van der Waals surface area (Å²) >= 11 is 0. The number of sulfone groups is 1. The molecule has 1 saturated carbocycles. The van der Waals surface area contributed by atoms with Crippen LogP contribution in [0.25, 0.3) is 0 Å². The average Bonchev–Trinajstić information content (AvgIpc) is 3.76. The molecule has 3 heterocycles. The molecule has 1 aliphatic carbocycles. The van der Waals surface area contributed by atoms with Gasteiger partial charge in [0, 0.05) is 50.8 Å². The van der Waals surface area contributed by atoms with Crippen LogP contribution in [0.3, 0.4) is 0 Å². The van der Waals surface area contributed by atoms with Crippen molar-refractivity contribution in [3.05, 3.63) is 41.7 Å². The van der Waals surface area contributed by atoms with Gasteiger partial charge in [0.05, 0.1) is 22.8 Å². The van der Waals surface area contributed by atoms with Crippen molar-refractivity contribution in [2.75, 3.05) is 26.0 Å². The van der Waals surface area contributed by atoms with Gasteiger partial charge >= 0.3 is 0 Å². The molecule has 3 aliphatic rings. The second kappa shape index (κ2) is 15.2. The minimum atomic E-state index is -3.50. The average molecular weight is 730 g/mol. The molecule has 2 aliphatic heterocycles. The number of aromatic nitrogens is 3. The van der Waals surface area contributed by atoms with Crippen molar-refractivity contribution in [1.82, 2.24) is 30.5 Å². The molecule has 0 radical (unpaired) electrons. The molecule has 5 rings (SSSR count). The van der Waals surface area contributed by atoms with Gasteiger partial charge in [0.1, 0.15) is 23.2 Å². The van der Waals surface area contributed by atoms with Crippen molar-refractivity contribution in [2.24, 2.45) is 11.7 Å². The Morgan fingerprint density at radius 3 is 2.31 bits per heavy atom. The first-order chi connectivity index (χ1) is 24.0. The molecule has 5 N–H and O–H groups in total. The van der Waals surface area contributed by atoms with Gasteiger partial charge in [-0.3, -0.25) is 24.0 Å². The van der Waals surface area contributed by atoms with Crippen molar-refractivity contribution >= 4 is 39.2 Å². The maximum atomic E-state index is 14.7. The highest BCUT2D eigenvalue weighted by Gasteiger charge is 2.49. The Morgan fingerprint density at radius 1 is 1.08 bits per heavy atom. The second-order valence-corrected chi connectivity index (χ2v) is 16.5. The van der Waals surface area contributed by atoms with Crippen LogP contribution in [0.4, 0.5) is 0 Å². The Labute approximate surface area is 296 Å². The van der Waals surface area contributed by atoms with Crippen LogP contribution >= 0.6 is 0 Å². The molecule has 278 valence electrons. The van der Waals surface area contributed by atoms with E-state index in [1.807, 2.05) is 0 Å². The smallest absolute Gasteiger partial charge is 0.287 e. The lowest BCUT2D eigenvalue weighted by atomic mass is 9.84. The topological polar surface area (TPSA) is 233 Å². The number of ketones is 1. The van der Waals surface area contributed by atoms with E-state index < -0.39 is 68.5 Å². The number of nitrogens with two attached hydrogens (primary N) is 1. The summed E-state index contributed by atoms with van der Waals surface area (Å²) in [5.74, 6) is -3.84. The molecule has 3 atom stereocenters. The number of aliphatic hydroxyl groups is 1. The minimum Gasteiger partial charge on any atom is -0.384 e. The fourth-order valence-electron chi connectivity index (χ4n) is 7.39. The molecule has 2 unspecified atom stereocenters. The standard InChI is InChI=1S/C34H47N7O9S/c1-33(2,47)27-19-36-39-41(27)23-18-26(31(45)38-34(28(42)29(35)43)13-15-50-16-14-34)40(20-23)32(46)25(17-21-7-5-4-6-8-21)37-30(44)22-9-11-24(12-10-22)51(3,48)49/h9-12,19,21,23,25-26,47H,4-8,13-18,20H2,1-3H3,(H2,35,43)(H,37,44)(H,38,45)/t23?,25-,26?/m1/s1. The fourth-order valence-corrected chi connectivity index (χ4v) is 8.02. The molecule has 4 amide bonds. The van der Waals surface area contributed by atoms with Gasteiger partial charge in [-0.15, -0.1) is 5.10 Å². The molecular formula is C34H47N7O9S. The summed E-state index contributed by atoms with van der Waals surface area (Å²) in [4.78, 5) is 69.1. The molecule has 2 aromatic rings. The molecule has 16 nitrogen and oxygen atoms in total. The van der Waals surface area contributed by atoms with Crippen molar-refractivity contribution in [3.63, 3.8) is 0 Å². The lowest BCUT2D eigenvalue weighted by molar-refractivity contribution is -0.147. The third kappa shape index (κ3) is 8.64. The number of hydrogen-bond donors (Lipinski definition) is 4. The number of ether oxygens (including phenoxy) is 1. The van der Waals surface area contributed by atoms with Crippen molar-refractivity contribution in [3.8, 4) is 0 Å². The first-order valence-corrected chi connectivity index (χ1v) is 19.2. The van der Waals surface area contributed by atoms with Gasteiger partial charge in [0.15, 0.2) is 9.84 Å². The zero-order valence-electron chi connectivity index (χ0n) is 29.2. The van der Waals surface area contributed by atoms with E-state index in [0.29, 0.717) is 12.1 Å². The Morgan fingerprint density at radius 2 is 1.73 bits per heavy atom. The summed E-state index contributed by atoms with van der Waals surface area (Å²) in [5.41, 5.74) is 2.93. The summed E-state index contributed by atoms with van der Waals surface area (Å²) in [6, 6.07) is 2.56. The zero-order valence-corrected chi connectivity index (χ0v) is 30.0. The summed E-state index contributed by atoms with van der Waals surface area (Å²) in [6.45, 7) is 3.29. The third-order valence-corrected chi connectivity index (χ3v) is 11.3. The second-order valence-electron chi connectivity index (χ2n) is 14.5. The highest BCUT2D eigenvalue weighted by molar-refractivity contribution is 7.90. The Balaban J connectivity index is 1.48. The SMILES string of the molecule is CC(C)(O)c1cnnn1C1CC(C(=O)NC2(C(=O)C(N)=O)CCOCC2)N(C(=O)[C@@H](CC2CCCCC2)NC(=O)c2ccc(S(C)(=O)=O)cc2)C1. The number of primary amides is 1. The first-order valence-electron chi connectivity index (χ1n) is 17.3. The van der Waals surface area contributed by atoms with E-state index in [1.165, 1.54) is 40.0 Å². The van der Waals surface area contributed by atoms with Crippen LogP contribution in [0, 0.1) is 5.92 Å². The molecule has 2 saturated heterocycles. The molecule has 3 fully saturated rings. The normalized spacial score (nSPS) is 21.8. The monoisotopic (exact) mass is 729 g/mol. The Bertz CT molecular complexity index is 1740. The number of nitrogens with zero attached hydrogens (tertiary/aromatic N) is 4. The van der Waals surface area contributed by atoms with E-state index in [0.717, 1.165) is 38.4 Å². The van der Waals surface area contributed by atoms with Gasteiger partial charge in [-0.1, -0.05) is 37.3 Å². The molecule has 0 bridgehead atoms. The summed E-state index contributed by atoms with van der Waals surface area (Å²) < 4.78 is 30.8. The lowest BCUT2D eigenvalue weighted by Gasteiger charge is -2.37. The summed E-state index contributed by atoms with van der Waals surface area (Å²) in [6.07, 6.45) is 7.58. The van der Waals surface area contributed by atoms with Crippen LogP contribution in [0.1, 0.15) is 93.7 Å². The van der Waals surface area contributed by atoms with E-state index in [2.05, 4.69) is 20.9 Å². The highest BCUT2D eigenvalue weighted by Crippen LogP contribution is 2.34. The number of hydrogen-bond acceptors (Lipinski definition) is 11. The molecule has 1 aromatic heterocycles. The van der Waals surface area contributed by atoms with Gasteiger partial charge in [-0.05, 0) is 50.5 Å². The first kappa shape index (κ1) is 38.0. The number of carbonyl (C=O) groups is 5. The predicted molar refractivity (Wildman–Crippen MR) is 182 cm³/mol. The molecule has 1 aromatic carbocycles. The van der Waals surface area contributed by atoms with Crippen LogP contribution in [-0.2, 0) is 39.4 Å². The molecular weight excluding hydrogens is 682 g/mol. The van der Waals surface area contributed by atoms with Gasteiger partial charge < -0.3 is 31.1 Å². The molecule has 17 heteroatoms. The van der Waals surface area contributed by atoms with Crippen molar-refractivity contribution in [2.45, 2.75) is 106 Å². The van der Waals surface area contributed by atoms with Gasteiger partial charge in [0.2, 0.25) is 17.6 Å². The lowest BCUT2D eigenvalue weighted by Crippen LogP contribution is -2.64. The quantitative estimate of drug-likeness (QED) is 0.220. The Kier molecular flexibility index (Phi) is 11.3. The van der Waals surface area contributed by atoms with Crippen LogP contribution < -0.4 is 16.4 Å². The van der Waals surface area contributed by atoms with E-state index in [9.17, 15) is 37.5 Å². The summed E-state index contributed by atoms with van der Waals surface area (Å²) in [5, 5.41) is 24.6. The van der Waals surface area contributed by atoms with E-state index in [-0.39, 0.29) is 55.4 Å². The molecule has 51 heavy (non-hydrogen) atoms. The highest BCUT2D eigenvalue weighted by atomic mass is 32.2. The van der Waals surface area contributed by atoms with Crippen molar-refractivity contribution in [1.29, 1.82) is 0 Å². The van der Waals surface area contributed by atoms with Gasteiger partial charge in [0.25, 0.3) is 11.8 Å². The van der Waals surface area contributed by atoms with Gasteiger partial charge in [-0.2, -0.15) is 0 Å². The van der Waals surface area contributed by atoms with E-state index in [1.54, 1.807) is 13.8 Å². The number of carbonyl (C=O) groups excluding carboxylic acids is 5. The number of nitrogens with one attached hydrogen (secondary N) is 2. The fraction of sp³-hybridized carbons (Fsp3) is 0.618. The van der Waals surface area contributed by atoms with Crippen LogP contribution in [-0.4, -0.2) is 106 Å².